The van der Waals surface area contributed by atoms with Gasteiger partial charge in [0.2, 0.25) is 0 Å². The number of carboxylic acid groups (broad SMARTS) is 1. The zero-order chi connectivity index (χ0) is 27.9. The lowest BCUT2D eigenvalue weighted by atomic mass is 9.97. The molecule has 3 N–H and O–H groups in total. The average molecular weight is 527 g/mol. The molecule has 39 heavy (non-hydrogen) atoms. The minimum Gasteiger partial charge on any atom is -0.495 e. The fourth-order valence-corrected chi connectivity index (χ4v) is 4.24. The molecule has 1 atom stereocenters. The van der Waals surface area contributed by atoms with Gasteiger partial charge in [-0.2, -0.15) is 5.10 Å². The number of amides is 2. The van der Waals surface area contributed by atoms with Crippen LogP contribution in [-0.4, -0.2) is 34.0 Å². The monoisotopic (exact) mass is 526 g/mol. The maximum Gasteiger partial charge on any atom is 0.323 e. The number of methoxy groups -OCH3 is 1. The third-order valence-corrected chi connectivity index (χ3v) is 6.43. The summed E-state index contributed by atoms with van der Waals surface area (Å²) in [6.45, 7) is 4.03. The number of para-hydroxylation sites is 1. The van der Waals surface area contributed by atoms with Gasteiger partial charge in [0.05, 0.1) is 31.3 Å². The van der Waals surface area contributed by atoms with E-state index in [-0.39, 0.29) is 24.4 Å². The van der Waals surface area contributed by atoms with E-state index in [4.69, 9.17) is 9.84 Å². The number of nitrogens with one attached hydrogen (secondary N) is 2. The summed E-state index contributed by atoms with van der Waals surface area (Å²) in [6.07, 6.45) is 1.62. The average Bonchev–Trinajstić information content (AvgIpc) is 2.91. The van der Waals surface area contributed by atoms with E-state index in [1.54, 1.807) is 30.5 Å². The van der Waals surface area contributed by atoms with Crippen LogP contribution >= 0.6 is 0 Å². The Morgan fingerprint density at radius 3 is 2.41 bits per heavy atom. The Labute approximate surface area is 226 Å². The van der Waals surface area contributed by atoms with Crippen molar-refractivity contribution < 1.29 is 19.4 Å². The summed E-state index contributed by atoms with van der Waals surface area (Å²) in [6, 6.07) is 21.3. The van der Waals surface area contributed by atoms with Gasteiger partial charge in [-0.3, -0.25) is 9.59 Å². The number of nitrogens with zero attached hydrogens (tertiary/aromatic N) is 2. The molecule has 0 aliphatic heterocycles. The Hall–Kier alpha value is -4.92. The molecule has 200 valence electrons. The van der Waals surface area contributed by atoms with Crippen LogP contribution in [0.25, 0.3) is 11.1 Å². The molecule has 0 bridgehead atoms. The highest BCUT2D eigenvalue weighted by Crippen LogP contribution is 2.30. The molecule has 9 heteroatoms. The molecule has 0 saturated heterocycles. The molecule has 0 spiro atoms. The summed E-state index contributed by atoms with van der Waals surface area (Å²) in [5.74, 6) is -0.548. The van der Waals surface area contributed by atoms with Crippen molar-refractivity contribution >= 4 is 23.4 Å². The number of anilines is 2. The van der Waals surface area contributed by atoms with Crippen molar-refractivity contribution in [2.45, 2.75) is 32.7 Å². The molecule has 3 aromatic carbocycles. The summed E-state index contributed by atoms with van der Waals surface area (Å²) >= 11 is 0. The van der Waals surface area contributed by atoms with Gasteiger partial charge in [0, 0.05) is 11.9 Å². The zero-order valence-corrected chi connectivity index (χ0v) is 22.0. The van der Waals surface area contributed by atoms with Gasteiger partial charge in [-0.25, -0.2) is 9.48 Å². The molecule has 4 aromatic rings. The second-order valence-corrected chi connectivity index (χ2v) is 9.26. The van der Waals surface area contributed by atoms with Crippen LogP contribution in [0.3, 0.4) is 0 Å². The molecule has 4 rings (SSSR count). The molecular weight excluding hydrogens is 496 g/mol. The summed E-state index contributed by atoms with van der Waals surface area (Å²) in [4.78, 5) is 36.8. The van der Waals surface area contributed by atoms with Crippen molar-refractivity contribution in [3.8, 4) is 16.9 Å². The Morgan fingerprint density at radius 1 is 1.00 bits per heavy atom. The minimum atomic E-state index is -0.842. The number of ether oxygens (including phenoxy) is 1. The molecule has 0 fully saturated rings. The molecule has 0 radical (unpaired) electrons. The summed E-state index contributed by atoms with van der Waals surface area (Å²) in [5.41, 5.74) is 4.66. The van der Waals surface area contributed by atoms with Gasteiger partial charge < -0.3 is 20.5 Å². The SMILES string of the molecule is COc1cc(-c2ccnn(Cc3ccc(C(C)CC(=O)O)cc3)c2=O)ccc1NC(=O)Nc1ccccc1C. The van der Waals surface area contributed by atoms with Crippen LogP contribution in [0, 0.1) is 6.92 Å². The first-order valence-corrected chi connectivity index (χ1v) is 12.4. The molecular formula is C30H30N4O5. The van der Waals surface area contributed by atoms with E-state index in [0.717, 1.165) is 16.7 Å². The Kier molecular flexibility index (Phi) is 8.40. The van der Waals surface area contributed by atoms with Crippen LogP contribution in [0.4, 0.5) is 16.2 Å². The fraction of sp³-hybridized carbons (Fsp3) is 0.200. The second-order valence-electron chi connectivity index (χ2n) is 9.26. The van der Waals surface area contributed by atoms with Crippen LogP contribution in [0.1, 0.15) is 36.0 Å². The van der Waals surface area contributed by atoms with E-state index in [0.29, 0.717) is 28.3 Å². The molecule has 1 aromatic heterocycles. The van der Waals surface area contributed by atoms with Crippen LogP contribution < -0.4 is 20.9 Å². The number of carbonyl (C=O) groups is 2. The van der Waals surface area contributed by atoms with E-state index in [2.05, 4.69) is 15.7 Å². The van der Waals surface area contributed by atoms with Gasteiger partial charge in [0.25, 0.3) is 5.56 Å². The predicted octanol–water partition coefficient (Wildman–Crippen LogP) is 5.50. The fourth-order valence-electron chi connectivity index (χ4n) is 4.24. The molecule has 0 aliphatic carbocycles. The third-order valence-electron chi connectivity index (χ3n) is 6.43. The first-order valence-electron chi connectivity index (χ1n) is 12.4. The number of aryl methyl sites for hydroxylation is 1. The number of hydrogen-bond donors (Lipinski definition) is 3. The lowest BCUT2D eigenvalue weighted by Crippen LogP contribution is -2.24. The molecule has 2 amide bonds. The maximum atomic E-state index is 13.3. The first-order chi connectivity index (χ1) is 18.7. The molecule has 0 aliphatic rings. The van der Waals surface area contributed by atoms with Gasteiger partial charge in [0.15, 0.2) is 0 Å². The minimum absolute atomic E-state index is 0.0531. The van der Waals surface area contributed by atoms with Crippen molar-refractivity contribution in [1.82, 2.24) is 9.78 Å². The van der Waals surface area contributed by atoms with Gasteiger partial charge in [-0.1, -0.05) is 55.5 Å². The lowest BCUT2D eigenvalue weighted by Gasteiger charge is -2.14. The standard InChI is InChI=1S/C30H30N4O5/c1-19-6-4-5-7-25(19)32-30(38)33-26-13-12-23(17-27(26)39-3)24-14-15-31-34(29(24)37)18-21-8-10-22(11-9-21)20(2)16-28(35)36/h4-15,17,20H,16,18H2,1-3H3,(H,35,36)(H2,32,33,38). The topological polar surface area (TPSA) is 123 Å². The predicted molar refractivity (Wildman–Crippen MR) is 151 cm³/mol. The van der Waals surface area contributed by atoms with Crippen molar-refractivity contribution in [2.24, 2.45) is 0 Å². The molecule has 0 saturated carbocycles. The quantitative estimate of drug-likeness (QED) is 0.265. The van der Waals surface area contributed by atoms with Crippen LogP contribution in [0.5, 0.6) is 5.75 Å². The van der Waals surface area contributed by atoms with Crippen molar-refractivity contribution in [2.75, 3.05) is 17.7 Å². The van der Waals surface area contributed by atoms with Crippen molar-refractivity contribution in [3.63, 3.8) is 0 Å². The number of carboxylic acids is 1. The van der Waals surface area contributed by atoms with E-state index in [1.807, 2.05) is 62.4 Å². The van der Waals surface area contributed by atoms with E-state index >= 15 is 0 Å². The Morgan fingerprint density at radius 2 is 1.72 bits per heavy atom. The highest BCUT2D eigenvalue weighted by molar-refractivity contribution is 6.01. The highest BCUT2D eigenvalue weighted by Gasteiger charge is 2.14. The number of urea groups is 1. The number of carbonyl (C=O) groups excluding carboxylic acids is 1. The van der Waals surface area contributed by atoms with Crippen LogP contribution in [0.15, 0.2) is 83.8 Å². The number of aliphatic carboxylic acids is 1. The van der Waals surface area contributed by atoms with E-state index in [1.165, 1.54) is 11.8 Å². The highest BCUT2D eigenvalue weighted by atomic mass is 16.5. The number of benzene rings is 3. The van der Waals surface area contributed by atoms with Crippen LogP contribution in [-0.2, 0) is 11.3 Å². The summed E-state index contributed by atoms with van der Waals surface area (Å²) in [5, 5.41) is 18.9. The summed E-state index contributed by atoms with van der Waals surface area (Å²) < 4.78 is 6.87. The molecule has 1 unspecified atom stereocenters. The van der Waals surface area contributed by atoms with Gasteiger partial charge in [0.1, 0.15) is 5.75 Å². The Bertz CT molecular complexity index is 1550. The lowest BCUT2D eigenvalue weighted by molar-refractivity contribution is -0.137. The Balaban J connectivity index is 1.51. The number of rotatable bonds is 9. The molecule has 9 nitrogen and oxygen atoms in total. The maximum absolute atomic E-state index is 13.3. The smallest absolute Gasteiger partial charge is 0.323 e. The number of aromatic nitrogens is 2. The van der Waals surface area contributed by atoms with Gasteiger partial charge in [-0.15, -0.1) is 0 Å². The number of hydrogen-bond acceptors (Lipinski definition) is 5. The summed E-state index contributed by atoms with van der Waals surface area (Å²) in [7, 11) is 1.50. The third kappa shape index (κ3) is 6.70. The van der Waals surface area contributed by atoms with E-state index in [9.17, 15) is 14.4 Å². The van der Waals surface area contributed by atoms with Crippen molar-refractivity contribution in [3.05, 3.63) is 106 Å². The van der Waals surface area contributed by atoms with Gasteiger partial charge >= 0.3 is 12.0 Å². The van der Waals surface area contributed by atoms with Gasteiger partial charge in [-0.05, 0) is 59.4 Å². The van der Waals surface area contributed by atoms with E-state index < -0.39 is 12.0 Å². The van der Waals surface area contributed by atoms with Crippen molar-refractivity contribution in [1.29, 1.82) is 0 Å². The largest absolute Gasteiger partial charge is 0.495 e. The molecule has 1 heterocycles. The zero-order valence-electron chi connectivity index (χ0n) is 22.0. The second kappa shape index (κ2) is 12.1. The normalized spacial score (nSPS) is 11.5. The van der Waals surface area contributed by atoms with Crippen LogP contribution in [0.2, 0.25) is 0 Å². The first kappa shape index (κ1) is 27.1.